The van der Waals surface area contributed by atoms with Crippen LogP contribution in [0.3, 0.4) is 0 Å². The Hall–Kier alpha value is -3.52. The normalized spacial score (nSPS) is 11.8. The zero-order chi connectivity index (χ0) is 35.9. The largest absolute Gasteiger partial charge is 2.00 e. The van der Waals surface area contributed by atoms with Gasteiger partial charge in [-0.2, -0.15) is 23.4 Å². The molecule has 0 unspecified atom stereocenters. The molecular weight excluding hydrogens is 763 g/mol. The molecule has 0 saturated carbocycles. The Balaban J connectivity index is 0.000000605. The van der Waals surface area contributed by atoms with Gasteiger partial charge in [-0.05, 0) is 36.4 Å². The summed E-state index contributed by atoms with van der Waals surface area (Å²) in [4.78, 5) is 0. The monoisotopic (exact) mass is 802 g/mol. The van der Waals surface area contributed by atoms with Crippen LogP contribution in [0.5, 0.6) is 0 Å². The van der Waals surface area contributed by atoms with Gasteiger partial charge in [0, 0.05) is 11.1 Å². The molecule has 0 saturated heterocycles. The van der Waals surface area contributed by atoms with Gasteiger partial charge in [0.25, 0.3) is 0 Å². The van der Waals surface area contributed by atoms with E-state index in [1.165, 1.54) is 11.5 Å². The number of para-hydroxylation sites is 1. The van der Waals surface area contributed by atoms with E-state index < -0.39 is 23.5 Å². The summed E-state index contributed by atoms with van der Waals surface area (Å²) in [6.45, 7) is 20.6. The maximum absolute atomic E-state index is 10.7. The SMILES string of the molecule is C=C[CH2-].CC(C)(C)P(c1ccnn1-c1c(-c2ccccc2)nn(-c2ccccc2)c1-c1ccccc1)C(C)(C)C.O=S(=O)([O-])C(F)(F)F.[Pd+2]. The van der Waals surface area contributed by atoms with E-state index in [2.05, 4.69) is 149 Å². The third kappa shape index (κ3) is 10.5. The standard InChI is InChI=1S/C32H35N4P.C3H5.CHF3O3S.Pd/c1-31(2,3)37(32(4,5)6)27-22-23-33-36(27)30-28(24-16-10-7-11-17-24)34-35(26-20-14-9-15-21-26)29(30)25-18-12-8-13-19-25;1-3-2;2-1(3,4)8(5,6)7;/h7-23H,1-6H3;3H,1-2H2;(H,5,6,7);/q;-1;;+2/p-1. The van der Waals surface area contributed by atoms with Gasteiger partial charge in [-0.15, -0.1) is 0 Å². The molecule has 0 radical (unpaired) electrons. The predicted octanol–water partition coefficient (Wildman–Crippen LogP) is 9.15. The Kier molecular flexibility index (Phi) is 14.4. The summed E-state index contributed by atoms with van der Waals surface area (Å²) in [5.74, 6) is 0. The van der Waals surface area contributed by atoms with E-state index in [0.29, 0.717) is 0 Å². The Morgan fingerprint density at radius 1 is 0.776 bits per heavy atom. The van der Waals surface area contributed by atoms with Gasteiger partial charge >= 0.3 is 25.9 Å². The molecule has 2 aromatic heterocycles. The quantitative estimate of drug-likeness (QED) is 0.0582. The van der Waals surface area contributed by atoms with Crippen molar-refractivity contribution >= 4 is 23.5 Å². The first-order valence-electron chi connectivity index (χ1n) is 14.9. The maximum atomic E-state index is 10.7. The molecule has 13 heteroatoms. The third-order valence-electron chi connectivity index (χ3n) is 6.64. The van der Waals surface area contributed by atoms with E-state index in [9.17, 15) is 13.2 Å². The summed E-state index contributed by atoms with van der Waals surface area (Å²) in [5.41, 5.74) is 1.79. The molecule has 0 N–H and O–H groups in total. The first kappa shape index (κ1) is 41.7. The van der Waals surface area contributed by atoms with Crippen LogP contribution in [0.25, 0.3) is 33.9 Å². The van der Waals surface area contributed by atoms with Crippen molar-refractivity contribution in [1.29, 1.82) is 0 Å². The predicted molar refractivity (Wildman–Crippen MR) is 189 cm³/mol. The topological polar surface area (TPSA) is 92.8 Å². The molecule has 0 atom stereocenters. The van der Waals surface area contributed by atoms with Crippen LogP contribution < -0.4 is 5.44 Å². The molecule has 0 spiro atoms. The van der Waals surface area contributed by atoms with Crippen LogP contribution in [0, 0.1) is 6.92 Å². The maximum Gasteiger partial charge on any atom is 2.00 e. The van der Waals surface area contributed by atoms with Crippen molar-refractivity contribution in [3.05, 3.63) is 123 Å². The fourth-order valence-electron chi connectivity index (χ4n) is 5.34. The number of allylic oxidation sites excluding steroid dienone is 1. The van der Waals surface area contributed by atoms with E-state index in [-0.39, 0.29) is 30.7 Å². The Bertz CT molecular complexity index is 1870. The summed E-state index contributed by atoms with van der Waals surface area (Å²) in [6, 6.07) is 33.6. The van der Waals surface area contributed by atoms with E-state index in [4.69, 9.17) is 23.2 Å². The van der Waals surface area contributed by atoms with E-state index in [1.54, 1.807) is 0 Å². The fourth-order valence-corrected chi connectivity index (χ4v) is 9.29. The van der Waals surface area contributed by atoms with Gasteiger partial charge in [-0.3, -0.25) is 0 Å². The fraction of sp³-hybridized carbons (Fsp3) is 0.250. The van der Waals surface area contributed by atoms with E-state index in [1.807, 2.05) is 18.3 Å². The first-order valence-corrected chi connectivity index (χ1v) is 17.6. The zero-order valence-corrected chi connectivity index (χ0v) is 31.4. The molecule has 49 heavy (non-hydrogen) atoms. The molecule has 5 aromatic rings. The Morgan fingerprint density at radius 3 is 1.59 bits per heavy atom. The second-order valence-electron chi connectivity index (χ2n) is 12.5. The number of hydrogen-bond donors (Lipinski definition) is 0. The van der Waals surface area contributed by atoms with Gasteiger partial charge in [0.1, 0.15) is 17.1 Å². The van der Waals surface area contributed by atoms with Gasteiger partial charge in [-0.25, -0.2) is 37.4 Å². The minimum Gasteiger partial charge on any atom is -0.741 e. The number of nitrogens with zero attached hydrogens (tertiary/aromatic N) is 4. The zero-order valence-electron chi connectivity index (χ0n) is 28.1. The number of halogens is 3. The summed E-state index contributed by atoms with van der Waals surface area (Å²) >= 11 is 0. The van der Waals surface area contributed by atoms with Gasteiger partial charge in [0.2, 0.25) is 0 Å². The molecule has 3 aromatic carbocycles. The number of rotatable bonds is 5. The number of alkyl halides is 3. The Labute approximate surface area is 302 Å². The van der Waals surface area contributed by atoms with Gasteiger partial charge in [0.15, 0.2) is 10.1 Å². The second kappa shape index (κ2) is 16.9. The third-order valence-corrected chi connectivity index (χ3v) is 10.7. The van der Waals surface area contributed by atoms with Gasteiger partial charge in [-0.1, -0.05) is 120 Å². The van der Waals surface area contributed by atoms with Gasteiger partial charge < -0.3 is 4.55 Å². The molecule has 0 aliphatic rings. The van der Waals surface area contributed by atoms with Gasteiger partial charge in [0.05, 0.1) is 17.3 Å². The molecule has 0 aliphatic heterocycles. The number of hydrogen-bond acceptors (Lipinski definition) is 5. The molecular formula is C36H40F3N4O3PPdS. The summed E-state index contributed by atoms with van der Waals surface area (Å²) in [7, 11) is -6.68. The first-order chi connectivity index (χ1) is 22.3. The summed E-state index contributed by atoms with van der Waals surface area (Å²) in [6.07, 6.45) is 3.45. The summed E-state index contributed by atoms with van der Waals surface area (Å²) < 4.78 is 63.2. The van der Waals surface area contributed by atoms with E-state index in [0.717, 1.165) is 33.9 Å². The molecule has 0 fully saturated rings. The van der Waals surface area contributed by atoms with Crippen LogP contribution in [0.1, 0.15) is 41.5 Å². The van der Waals surface area contributed by atoms with Crippen molar-refractivity contribution in [3.8, 4) is 33.9 Å². The van der Waals surface area contributed by atoms with E-state index >= 15 is 0 Å². The van der Waals surface area contributed by atoms with Crippen molar-refractivity contribution in [3.63, 3.8) is 0 Å². The number of aromatic nitrogens is 4. The molecule has 2 heterocycles. The van der Waals surface area contributed by atoms with Crippen LogP contribution in [0.2, 0.25) is 0 Å². The van der Waals surface area contributed by atoms with Crippen molar-refractivity contribution in [2.24, 2.45) is 0 Å². The molecule has 264 valence electrons. The van der Waals surface area contributed by atoms with Crippen LogP contribution in [-0.2, 0) is 30.5 Å². The van der Waals surface area contributed by atoms with Crippen molar-refractivity contribution in [1.82, 2.24) is 19.6 Å². The molecule has 7 nitrogen and oxygen atoms in total. The average Bonchev–Trinajstić information content (AvgIpc) is 3.61. The second-order valence-corrected chi connectivity index (χ2v) is 17.7. The average molecular weight is 803 g/mol. The van der Waals surface area contributed by atoms with Crippen LogP contribution in [0.15, 0.2) is 116 Å². The summed E-state index contributed by atoms with van der Waals surface area (Å²) in [5, 5.41) is 10.5. The van der Waals surface area contributed by atoms with Crippen LogP contribution in [0.4, 0.5) is 13.2 Å². The number of benzene rings is 3. The molecule has 5 rings (SSSR count). The van der Waals surface area contributed by atoms with Crippen LogP contribution >= 0.6 is 7.92 Å². The molecule has 0 aliphatic carbocycles. The van der Waals surface area contributed by atoms with Crippen LogP contribution in [-0.4, -0.2) is 48.4 Å². The Morgan fingerprint density at radius 2 is 1.18 bits per heavy atom. The van der Waals surface area contributed by atoms with Crippen molar-refractivity contribution in [2.45, 2.75) is 57.4 Å². The molecule has 0 bridgehead atoms. The minimum atomic E-state index is -6.09. The molecule has 0 amide bonds. The smallest absolute Gasteiger partial charge is 0.741 e. The van der Waals surface area contributed by atoms with Crippen molar-refractivity contribution < 1.29 is 46.6 Å². The minimum absolute atomic E-state index is 0. The van der Waals surface area contributed by atoms with Crippen molar-refractivity contribution in [2.75, 3.05) is 0 Å².